The molecule has 0 unspecified atom stereocenters. The Morgan fingerprint density at radius 2 is 1.87 bits per heavy atom. The van der Waals surface area contributed by atoms with Crippen molar-refractivity contribution in [2.24, 2.45) is 5.73 Å². The number of phenols is 1. The number of halogens is 5. The molecule has 1 aromatic carbocycles. The molecule has 15 heavy (non-hydrogen) atoms. The van der Waals surface area contributed by atoms with Crippen LogP contribution in [-0.4, -0.2) is 11.3 Å². The Morgan fingerprint density at radius 3 is 2.27 bits per heavy atom. The Balaban J connectivity index is 0.00000196. The normalized spacial score (nSPS) is 13.1. The van der Waals surface area contributed by atoms with Gasteiger partial charge >= 0.3 is 6.18 Å². The van der Waals surface area contributed by atoms with Crippen molar-refractivity contribution in [2.45, 2.75) is 12.2 Å². The van der Waals surface area contributed by atoms with Crippen LogP contribution in [-0.2, 0) is 0 Å². The molecular formula is C8H8BrClF3NO. The molecule has 0 radical (unpaired) electrons. The lowest BCUT2D eigenvalue weighted by Gasteiger charge is -2.16. The van der Waals surface area contributed by atoms with Crippen molar-refractivity contribution in [1.29, 1.82) is 0 Å². The molecule has 7 heteroatoms. The van der Waals surface area contributed by atoms with E-state index in [-0.39, 0.29) is 28.2 Å². The van der Waals surface area contributed by atoms with Gasteiger partial charge in [0.2, 0.25) is 0 Å². The van der Waals surface area contributed by atoms with Crippen molar-refractivity contribution >= 4 is 28.3 Å². The summed E-state index contributed by atoms with van der Waals surface area (Å²) in [5.74, 6) is -0.122. The van der Waals surface area contributed by atoms with E-state index in [4.69, 9.17) is 10.8 Å². The summed E-state index contributed by atoms with van der Waals surface area (Å²) in [6.45, 7) is 0. The van der Waals surface area contributed by atoms with E-state index in [2.05, 4.69) is 15.9 Å². The van der Waals surface area contributed by atoms with Crippen LogP contribution < -0.4 is 5.73 Å². The van der Waals surface area contributed by atoms with Gasteiger partial charge in [0.1, 0.15) is 11.8 Å². The molecule has 0 aliphatic carbocycles. The van der Waals surface area contributed by atoms with Crippen LogP contribution in [0.15, 0.2) is 22.7 Å². The van der Waals surface area contributed by atoms with Crippen LogP contribution in [0.25, 0.3) is 0 Å². The van der Waals surface area contributed by atoms with Gasteiger partial charge in [-0.25, -0.2) is 0 Å². The van der Waals surface area contributed by atoms with Crippen molar-refractivity contribution in [3.63, 3.8) is 0 Å². The SMILES string of the molecule is Cl.N[C@H](c1ccc(O)c(Br)c1)C(F)(F)F. The summed E-state index contributed by atoms with van der Waals surface area (Å²) < 4.78 is 36.7. The summed E-state index contributed by atoms with van der Waals surface area (Å²) in [5.41, 5.74) is 4.87. The number of aromatic hydroxyl groups is 1. The van der Waals surface area contributed by atoms with Gasteiger partial charge in [-0.3, -0.25) is 0 Å². The molecule has 1 aromatic rings. The van der Waals surface area contributed by atoms with Crippen molar-refractivity contribution < 1.29 is 18.3 Å². The van der Waals surface area contributed by atoms with Crippen LogP contribution in [0.1, 0.15) is 11.6 Å². The summed E-state index contributed by atoms with van der Waals surface area (Å²) in [5, 5.41) is 9.06. The first-order valence-corrected chi connectivity index (χ1v) is 4.42. The highest BCUT2D eigenvalue weighted by Gasteiger charge is 2.37. The molecule has 1 rings (SSSR count). The predicted molar refractivity (Wildman–Crippen MR) is 56.0 cm³/mol. The van der Waals surface area contributed by atoms with Crippen LogP contribution in [0.5, 0.6) is 5.75 Å². The fourth-order valence-corrected chi connectivity index (χ4v) is 1.30. The highest BCUT2D eigenvalue weighted by molar-refractivity contribution is 9.10. The smallest absolute Gasteiger partial charge is 0.407 e. The number of alkyl halides is 3. The van der Waals surface area contributed by atoms with E-state index < -0.39 is 12.2 Å². The molecule has 0 fully saturated rings. The van der Waals surface area contributed by atoms with Gasteiger partial charge in [0.25, 0.3) is 0 Å². The number of benzene rings is 1. The first kappa shape index (κ1) is 14.5. The summed E-state index contributed by atoms with van der Waals surface area (Å²) in [6, 6.07) is 1.41. The Bertz CT molecular complexity index is 345. The standard InChI is InChI=1S/C8H7BrF3NO.ClH/c9-5-3-4(1-2-6(5)14)7(13)8(10,11)12;/h1-3,7,14H,13H2;1H/t7-;/m1./s1. The monoisotopic (exact) mass is 305 g/mol. The number of hydrogen-bond acceptors (Lipinski definition) is 2. The minimum atomic E-state index is -4.48. The Morgan fingerprint density at radius 1 is 1.33 bits per heavy atom. The highest BCUT2D eigenvalue weighted by Crippen LogP contribution is 2.33. The molecule has 0 aromatic heterocycles. The largest absolute Gasteiger partial charge is 0.507 e. The number of rotatable bonds is 1. The molecule has 0 saturated heterocycles. The first-order chi connectivity index (χ1) is 6.32. The second kappa shape index (κ2) is 5.05. The topological polar surface area (TPSA) is 46.2 Å². The molecule has 0 amide bonds. The van der Waals surface area contributed by atoms with Gasteiger partial charge in [-0.2, -0.15) is 13.2 Å². The Kier molecular flexibility index (Phi) is 4.89. The molecule has 2 nitrogen and oxygen atoms in total. The molecule has 1 atom stereocenters. The third-order valence-corrected chi connectivity index (χ3v) is 2.32. The molecule has 0 bridgehead atoms. The van der Waals surface area contributed by atoms with E-state index in [1.54, 1.807) is 0 Å². The summed E-state index contributed by atoms with van der Waals surface area (Å²) >= 11 is 2.91. The van der Waals surface area contributed by atoms with Crippen LogP contribution >= 0.6 is 28.3 Å². The molecule has 0 aliphatic rings. The summed E-state index contributed by atoms with van der Waals surface area (Å²) in [4.78, 5) is 0. The lowest BCUT2D eigenvalue weighted by molar-refractivity contribution is -0.149. The Hall–Kier alpha value is -0.460. The average Bonchev–Trinajstić information content (AvgIpc) is 2.07. The van der Waals surface area contributed by atoms with E-state index in [9.17, 15) is 13.2 Å². The lowest BCUT2D eigenvalue weighted by atomic mass is 10.1. The highest BCUT2D eigenvalue weighted by atomic mass is 79.9. The van der Waals surface area contributed by atoms with Crippen LogP contribution in [0.3, 0.4) is 0 Å². The maximum Gasteiger partial charge on any atom is 0.407 e. The molecule has 0 spiro atoms. The fraction of sp³-hybridized carbons (Fsp3) is 0.250. The molecule has 0 aliphatic heterocycles. The minimum absolute atomic E-state index is 0. The molecule has 0 heterocycles. The zero-order chi connectivity index (χ0) is 10.9. The zero-order valence-corrected chi connectivity index (χ0v) is 9.66. The first-order valence-electron chi connectivity index (χ1n) is 3.63. The minimum Gasteiger partial charge on any atom is -0.507 e. The van der Waals surface area contributed by atoms with Crippen LogP contribution in [0, 0.1) is 0 Å². The van der Waals surface area contributed by atoms with Gasteiger partial charge in [0.05, 0.1) is 4.47 Å². The van der Waals surface area contributed by atoms with Crippen molar-refractivity contribution in [2.75, 3.05) is 0 Å². The zero-order valence-electron chi connectivity index (χ0n) is 7.25. The summed E-state index contributed by atoms with van der Waals surface area (Å²) in [7, 11) is 0. The quantitative estimate of drug-likeness (QED) is 0.837. The van der Waals surface area contributed by atoms with Gasteiger partial charge in [0, 0.05) is 0 Å². The third kappa shape index (κ3) is 3.55. The van der Waals surface area contributed by atoms with Gasteiger partial charge in [0.15, 0.2) is 0 Å². The van der Waals surface area contributed by atoms with Gasteiger partial charge < -0.3 is 10.8 Å². The van der Waals surface area contributed by atoms with E-state index >= 15 is 0 Å². The Labute approximate surface area is 98.8 Å². The molecule has 86 valence electrons. The summed E-state index contributed by atoms with van der Waals surface area (Å²) in [6.07, 6.45) is -4.48. The second-order valence-electron chi connectivity index (χ2n) is 2.73. The maximum atomic E-state index is 12.2. The predicted octanol–water partition coefficient (Wildman–Crippen LogP) is 3.14. The number of hydrogen-bond donors (Lipinski definition) is 2. The fourth-order valence-electron chi connectivity index (χ4n) is 0.906. The molecular weight excluding hydrogens is 298 g/mol. The van der Waals surface area contributed by atoms with Crippen molar-refractivity contribution in [3.05, 3.63) is 28.2 Å². The lowest BCUT2D eigenvalue weighted by Crippen LogP contribution is -2.28. The van der Waals surface area contributed by atoms with Crippen molar-refractivity contribution in [1.82, 2.24) is 0 Å². The van der Waals surface area contributed by atoms with E-state index in [1.807, 2.05) is 0 Å². The third-order valence-electron chi connectivity index (χ3n) is 1.68. The number of phenolic OH excluding ortho intramolecular Hbond substituents is 1. The molecule has 3 N–H and O–H groups in total. The van der Waals surface area contributed by atoms with Crippen LogP contribution in [0.4, 0.5) is 13.2 Å². The second-order valence-corrected chi connectivity index (χ2v) is 3.58. The van der Waals surface area contributed by atoms with Gasteiger partial charge in [-0.15, -0.1) is 12.4 Å². The maximum absolute atomic E-state index is 12.2. The molecule has 0 saturated carbocycles. The number of nitrogens with two attached hydrogens (primary N) is 1. The van der Waals surface area contributed by atoms with Crippen LogP contribution in [0.2, 0.25) is 0 Å². The van der Waals surface area contributed by atoms with E-state index in [1.165, 1.54) is 0 Å². The van der Waals surface area contributed by atoms with Gasteiger partial charge in [-0.05, 0) is 33.6 Å². The van der Waals surface area contributed by atoms with E-state index in [0.29, 0.717) is 0 Å². The average molecular weight is 307 g/mol. The van der Waals surface area contributed by atoms with E-state index in [0.717, 1.165) is 18.2 Å². The van der Waals surface area contributed by atoms with Gasteiger partial charge in [-0.1, -0.05) is 6.07 Å². The van der Waals surface area contributed by atoms with Crippen molar-refractivity contribution in [3.8, 4) is 5.75 Å².